The van der Waals surface area contributed by atoms with Gasteiger partial charge in [-0.2, -0.15) is 4.98 Å². The van der Waals surface area contributed by atoms with Gasteiger partial charge in [-0.25, -0.2) is 5.06 Å². The second kappa shape index (κ2) is 3.19. The molecule has 0 atom stereocenters. The van der Waals surface area contributed by atoms with Crippen LogP contribution in [0.3, 0.4) is 0 Å². The highest BCUT2D eigenvalue weighted by atomic mass is 16.7. The van der Waals surface area contributed by atoms with Gasteiger partial charge in [-0.15, -0.1) is 0 Å². The van der Waals surface area contributed by atoms with Crippen LogP contribution in [0.4, 0.5) is 11.7 Å². The maximum atomic E-state index is 5.61. The fraction of sp³-hybridized carbons (Fsp3) is 0.222. The van der Waals surface area contributed by atoms with Gasteiger partial charge in [0, 0.05) is 18.8 Å². The molecule has 0 saturated heterocycles. The highest BCUT2D eigenvalue weighted by Crippen LogP contribution is 2.22. The molecule has 0 radical (unpaired) electrons. The third-order valence-electron chi connectivity index (χ3n) is 1.94. The molecule has 0 unspecified atom stereocenters. The number of nitrogen functional groups attached to an aromatic ring is 1. The fourth-order valence-electron chi connectivity index (χ4n) is 1.14. The SMILES string of the molecule is CON(C)c1nc2ccc(N)cc2o1. The van der Waals surface area contributed by atoms with Gasteiger partial charge in [0.05, 0.1) is 7.11 Å². The maximum absolute atomic E-state index is 5.61. The zero-order valence-electron chi connectivity index (χ0n) is 8.02. The van der Waals surface area contributed by atoms with E-state index in [-0.39, 0.29) is 0 Å². The van der Waals surface area contributed by atoms with Crippen LogP contribution >= 0.6 is 0 Å². The minimum atomic E-state index is 0.410. The van der Waals surface area contributed by atoms with E-state index < -0.39 is 0 Å². The van der Waals surface area contributed by atoms with Crippen molar-refractivity contribution in [2.75, 3.05) is 25.0 Å². The molecule has 0 bridgehead atoms. The van der Waals surface area contributed by atoms with E-state index in [4.69, 9.17) is 15.0 Å². The average Bonchev–Trinajstić information content (AvgIpc) is 2.59. The van der Waals surface area contributed by atoms with E-state index in [0.717, 1.165) is 5.52 Å². The number of aromatic nitrogens is 1. The van der Waals surface area contributed by atoms with Crippen LogP contribution in [0.15, 0.2) is 22.6 Å². The number of nitrogens with zero attached hydrogens (tertiary/aromatic N) is 2. The van der Waals surface area contributed by atoms with Gasteiger partial charge in [0.2, 0.25) is 0 Å². The number of anilines is 2. The van der Waals surface area contributed by atoms with Crippen molar-refractivity contribution in [2.45, 2.75) is 0 Å². The lowest BCUT2D eigenvalue weighted by Gasteiger charge is -2.08. The summed E-state index contributed by atoms with van der Waals surface area (Å²) in [5.74, 6) is 0. The van der Waals surface area contributed by atoms with Crippen molar-refractivity contribution in [3.05, 3.63) is 18.2 Å². The Hall–Kier alpha value is -1.75. The lowest BCUT2D eigenvalue weighted by atomic mass is 10.3. The fourth-order valence-corrected chi connectivity index (χ4v) is 1.14. The van der Waals surface area contributed by atoms with Crippen LogP contribution in [0.1, 0.15) is 0 Å². The van der Waals surface area contributed by atoms with E-state index >= 15 is 0 Å². The van der Waals surface area contributed by atoms with Crippen molar-refractivity contribution >= 4 is 22.8 Å². The van der Waals surface area contributed by atoms with Crippen molar-refractivity contribution in [3.8, 4) is 0 Å². The largest absolute Gasteiger partial charge is 0.422 e. The van der Waals surface area contributed by atoms with Crippen LogP contribution in [-0.4, -0.2) is 19.1 Å². The number of hydroxylamine groups is 1. The van der Waals surface area contributed by atoms with Crippen LogP contribution < -0.4 is 10.8 Å². The van der Waals surface area contributed by atoms with Crippen LogP contribution in [0, 0.1) is 0 Å². The van der Waals surface area contributed by atoms with Gasteiger partial charge in [0.15, 0.2) is 5.58 Å². The molecule has 2 rings (SSSR count). The number of hydrogen-bond donors (Lipinski definition) is 1. The summed E-state index contributed by atoms with van der Waals surface area (Å²) in [6.45, 7) is 0. The number of hydrogen-bond acceptors (Lipinski definition) is 5. The standard InChI is InChI=1S/C9H11N3O2/c1-12(13-2)9-11-7-4-3-6(10)5-8(7)14-9/h3-5H,10H2,1-2H3. The Labute approximate surface area is 81.0 Å². The lowest BCUT2D eigenvalue weighted by Crippen LogP contribution is -2.14. The van der Waals surface area contributed by atoms with E-state index in [9.17, 15) is 0 Å². The number of benzene rings is 1. The van der Waals surface area contributed by atoms with Gasteiger partial charge >= 0.3 is 6.01 Å². The molecular formula is C9H11N3O2. The van der Waals surface area contributed by atoms with E-state index in [1.54, 1.807) is 32.4 Å². The predicted octanol–water partition coefficient (Wildman–Crippen LogP) is 1.41. The summed E-state index contributed by atoms with van der Waals surface area (Å²) >= 11 is 0. The number of oxazole rings is 1. The first kappa shape index (κ1) is 8.83. The molecular weight excluding hydrogens is 182 g/mol. The molecule has 0 amide bonds. The molecule has 0 aliphatic rings. The first-order valence-electron chi connectivity index (χ1n) is 4.14. The Kier molecular flexibility index (Phi) is 2.01. The Balaban J connectivity index is 2.51. The van der Waals surface area contributed by atoms with Crippen LogP contribution in [0.5, 0.6) is 0 Å². The zero-order chi connectivity index (χ0) is 10.1. The average molecular weight is 193 g/mol. The number of nitrogens with two attached hydrogens (primary N) is 1. The van der Waals surface area contributed by atoms with Gasteiger partial charge in [0.1, 0.15) is 5.52 Å². The van der Waals surface area contributed by atoms with Gasteiger partial charge in [0.25, 0.3) is 0 Å². The molecule has 1 aromatic carbocycles. The normalized spacial score (nSPS) is 10.7. The number of fused-ring (bicyclic) bond motifs is 1. The Morgan fingerprint density at radius 1 is 1.50 bits per heavy atom. The minimum absolute atomic E-state index is 0.410. The molecule has 0 aliphatic carbocycles. The summed E-state index contributed by atoms with van der Waals surface area (Å²) in [5.41, 5.74) is 7.68. The Bertz CT molecular complexity index is 452. The van der Waals surface area contributed by atoms with Crippen molar-refractivity contribution in [1.82, 2.24) is 4.98 Å². The lowest BCUT2D eigenvalue weighted by molar-refractivity contribution is 0.169. The molecule has 0 aliphatic heterocycles. The summed E-state index contributed by atoms with van der Waals surface area (Å²) in [7, 11) is 3.26. The van der Waals surface area contributed by atoms with E-state index in [0.29, 0.717) is 17.3 Å². The molecule has 14 heavy (non-hydrogen) atoms. The molecule has 2 N–H and O–H groups in total. The quantitative estimate of drug-likeness (QED) is 0.577. The van der Waals surface area contributed by atoms with Crippen LogP contribution in [-0.2, 0) is 4.84 Å². The van der Waals surface area contributed by atoms with Crippen LogP contribution in [0.2, 0.25) is 0 Å². The van der Waals surface area contributed by atoms with Crippen LogP contribution in [0.25, 0.3) is 11.1 Å². The monoisotopic (exact) mass is 193 g/mol. The van der Waals surface area contributed by atoms with Crippen molar-refractivity contribution < 1.29 is 9.25 Å². The first-order chi connectivity index (χ1) is 6.70. The third-order valence-corrected chi connectivity index (χ3v) is 1.94. The van der Waals surface area contributed by atoms with E-state index in [1.807, 2.05) is 0 Å². The topological polar surface area (TPSA) is 64.5 Å². The van der Waals surface area contributed by atoms with E-state index in [2.05, 4.69) is 4.98 Å². The third kappa shape index (κ3) is 1.38. The smallest absolute Gasteiger partial charge is 0.322 e. The van der Waals surface area contributed by atoms with Gasteiger partial charge < -0.3 is 10.2 Å². The summed E-state index contributed by atoms with van der Waals surface area (Å²) in [6.07, 6.45) is 0. The first-order valence-corrected chi connectivity index (χ1v) is 4.14. The van der Waals surface area contributed by atoms with Gasteiger partial charge in [-0.1, -0.05) is 0 Å². The number of rotatable bonds is 2. The Morgan fingerprint density at radius 2 is 2.29 bits per heavy atom. The maximum Gasteiger partial charge on any atom is 0.322 e. The van der Waals surface area contributed by atoms with Crippen molar-refractivity contribution in [3.63, 3.8) is 0 Å². The molecule has 74 valence electrons. The summed E-state index contributed by atoms with van der Waals surface area (Å²) in [4.78, 5) is 9.15. The second-order valence-corrected chi connectivity index (χ2v) is 2.90. The van der Waals surface area contributed by atoms with Crippen molar-refractivity contribution in [1.29, 1.82) is 0 Å². The molecule has 2 aromatic rings. The molecule has 1 aromatic heterocycles. The highest BCUT2D eigenvalue weighted by Gasteiger charge is 2.09. The minimum Gasteiger partial charge on any atom is -0.422 e. The molecule has 0 fully saturated rings. The van der Waals surface area contributed by atoms with Crippen molar-refractivity contribution in [2.24, 2.45) is 0 Å². The molecule has 5 nitrogen and oxygen atoms in total. The summed E-state index contributed by atoms with van der Waals surface area (Å²) in [5, 5.41) is 1.44. The van der Waals surface area contributed by atoms with E-state index in [1.165, 1.54) is 5.06 Å². The summed E-state index contributed by atoms with van der Waals surface area (Å²) < 4.78 is 5.41. The van der Waals surface area contributed by atoms with Gasteiger partial charge in [-0.3, -0.25) is 4.84 Å². The molecule has 0 saturated carbocycles. The summed E-state index contributed by atoms with van der Waals surface area (Å²) in [6, 6.07) is 5.73. The highest BCUT2D eigenvalue weighted by molar-refractivity contribution is 5.78. The Morgan fingerprint density at radius 3 is 3.00 bits per heavy atom. The van der Waals surface area contributed by atoms with Gasteiger partial charge in [-0.05, 0) is 12.1 Å². The zero-order valence-corrected chi connectivity index (χ0v) is 8.02. The molecule has 0 spiro atoms. The second-order valence-electron chi connectivity index (χ2n) is 2.90. The molecule has 1 heterocycles. The molecule has 5 heteroatoms. The predicted molar refractivity (Wildman–Crippen MR) is 53.8 cm³/mol.